The van der Waals surface area contributed by atoms with Crippen molar-refractivity contribution in [2.24, 2.45) is 0 Å². The van der Waals surface area contributed by atoms with Crippen LogP contribution in [-0.4, -0.2) is 27.5 Å². The van der Waals surface area contributed by atoms with Crippen molar-refractivity contribution in [2.75, 3.05) is 11.9 Å². The van der Waals surface area contributed by atoms with Crippen LogP contribution in [0.5, 0.6) is 5.75 Å². The molecule has 3 rings (SSSR count). The van der Waals surface area contributed by atoms with Crippen LogP contribution in [-0.2, 0) is 19.3 Å². The molecule has 7 nitrogen and oxygen atoms in total. The lowest BCUT2D eigenvalue weighted by atomic mass is 10.2. The molecule has 33 heavy (non-hydrogen) atoms. The maximum atomic E-state index is 13.8. The number of alkyl halides is 3. The topological polar surface area (TPSA) is 88.4 Å². The molecule has 2 amide bonds. The van der Waals surface area contributed by atoms with E-state index in [4.69, 9.17) is 9.84 Å². The van der Waals surface area contributed by atoms with Crippen LogP contribution in [0.1, 0.15) is 29.4 Å². The second-order valence-electron chi connectivity index (χ2n) is 7.09. The van der Waals surface area contributed by atoms with Gasteiger partial charge in [-0.2, -0.15) is 18.3 Å². The maximum Gasteiger partial charge on any atom is 0.435 e. The number of amides is 2. The molecule has 2 aromatic carbocycles. The normalized spacial score (nSPS) is 11.4. The molecule has 0 saturated carbocycles. The highest BCUT2D eigenvalue weighted by Crippen LogP contribution is 2.30. The molecule has 0 spiro atoms. The lowest BCUT2D eigenvalue weighted by Crippen LogP contribution is -2.29. The van der Waals surface area contributed by atoms with Crippen LogP contribution in [0.3, 0.4) is 0 Å². The zero-order valence-corrected chi connectivity index (χ0v) is 17.8. The number of nitrogens with zero attached hydrogens (tertiary/aromatic N) is 2. The van der Waals surface area contributed by atoms with Gasteiger partial charge in [0.15, 0.2) is 5.69 Å². The highest BCUT2D eigenvalue weighted by molar-refractivity contribution is 5.89. The number of carbonyl (C=O) groups is 1. The van der Waals surface area contributed by atoms with Gasteiger partial charge in [0.2, 0.25) is 0 Å². The number of halogens is 4. The molecule has 0 radical (unpaired) electrons. The van der Waals surface area contributed by atoms with Crippen molar-refractivity contribution in [3.05, 3.63) is 70.8 Å². The number of aryl methyl sites for hydroxylation is 1. The Morgan fingerprint density at radius 3 is 2.55 bits per heavy atom. The molecule has 0 aliphatic heterocycles. The maximum absolute atomic E-state index is 13.8. The molecule has 0 aliphatic carbocycles. The summed E-state index contributed by atoms with van der Waals surface area (Å²) in [7, 11) is 0. The third-order valence-electron chi connectivity index (χ3n) is 4.69. The minimum atomic E-state index is -4.67. The number of anilines is 1. The van der Waals surface area contributed by atoms with Crippen LogP contribution in [0.15, 0.2) is 42.5 Å². The standard InChI is InChI=1S/C22H22F4N4O3/c1-3-33-19-7-6-16(8-13(19)2)30-17(10-20(29-30)22(24,25)26)11-27-21(32)28-15-5-4-14(12-31)18(23)9-15/h4-10,31H,3,11-12H2,1-2H3,(H2,27,28,32). The van der Waals surface area contributed by atoms with E-state index in [0.717, 1.165) is 16.8 Å². The van der Waals surface area contributed by atoms with Gasteiger partial charge < -0.3 is 20.5 Å². The van der Waals surface area contributed by atoms with Crippen LogP contribution in [0, 0.1) is 12.7 Å². The van der Waals surface area contributed by atoms with Crippen LogP contribution < -0.4 is 15.4 Å². The summed E-state index contributed by atoms with van der Waals surface area (Å²) < 4.78 is 60.2. The Labute approximate surface area is 187 Å². The summed E-state index contributed by atoms with van der Waals surface area (Å²) >= 11 is 0. The summed E-state index contributed by atoms with van der Waals surface area (Å²) in [5.41, 5.74) is 0.244. The number of carbonyl (C=O) groups excluding carboxylic acids is 1. The second-order valence-corrected chi connectivity index (χ2v) is 7.09. The number of benzene rings is 2. The molecule has 0 aliphatic rings. The Balaban J connectivity index is 1.80. The van der Waals surface area contributed by atoms with Crippen molar-refractivity contribution in [1.29, 1.82) is 0 Å². The molecule has 3 aromatic rings. The Bertz CT molecular complexity index is 1150. The Morgan fingerprint density at radius 2 is 1.94 bits per heavy atom. The Morgan fingerprint density at radius 1 is 1.18 bits per heavy atom. The number of rotatable bonds is 7. The molecule has 0 atom stereocenters. The van der Waals surface area contributed by atoms with E-state index in [2.05, 4.69) is 15.7 Å². The SMILES string of the molecule is CCOc1ccc(-n2nc(C(F)(F)F)cc2CNC(=O)Nc2ccc(CO)c(F)c2)cc1C. The van der Waals surface area contributed by atoms with Crippen molar-refractivity contribution in [3.8, 4) is 11.4 Å². The highest BCUT2D eigenvalue weighted by atomic mass is 19.4. The average molecular weight is 466 g/mol. The van der Waals surface area contributed by atoms with Crippen LogP contribution in [0.4, 0.5) is 28.0 Å². The molecule has 11 heteroatoms. The van der Waals surface area contributed by atoms with E-state index in [1.54, 1.807) is 25.1 Å². The molecule has 0 fully saturated rings. The van der Waals surface area contributed by atoms with Gasteiger partial charge in [-0.1, -0.05) is 6.07 Å². The molecular weight excluding hydrogens is 444 g/mol. The average Bonchev–Trinajstić information content (AvgIpc) is 3.19. The first-order chi connectivity index (χ1) is 15.6. The number of aromatic nitrogens is 2. The lowest BCUT2D eigenvalue weighted by Gasteiger charge is -2.12. The zero-order valence-electron chi connectivity index (χ0n) is 17.8. The second kappa shape index (κ2) is 9.90. The molecule has 1 aromatic heterocycles. The van der Waals surface area contributed by atoms with E-state index >= 15 is 0 Å². The van der Waals surface area contributed by atoms with E-state index < -0.39 is 30.3 Å². The van der Waals surface area contributed by atoms with Gasteiger partial charge in [0.25, 0.3) is 0 Å². The van der Waals surface area contributed by atoms with Gasteiger partial charge in [0, 0.05) is 11.3 Å². The van der Waals surface area contributed by atoms with Crippen molar-refractivity contribution >= 4 is 11.7 Å². The number of aliphatic hydroxyl groups is 1. The molecule has 176 valence electrons. The van der Waals surface area contributed by atoms with Crippen LogP contribution in [0.2, 0.25) is 0 Å². The van der Waals surface area contributed by atoms with Gasteiger partial charge in [0.1, 0.15) is 11.6 Å². The minimum absolute atomic E-state index is 0.0650. The van der Waals surface area contributed by atoms with Crippen molar-refractivity contribution in [3.63, 3.8) is 0 Å². The van der Waals surface area contributed by atoms with Gasteiger partial charge in [0.05, 0.1) is 31.1 Å². The van der Waals surface area contributed by atoms with Crippen LogP contribution >= 0.6 is 0 Å². The first kappa shape index (κ1) is 24.1. The minimum Gasteiger partial charge on any atom is -0.494 e. The fourth-order valence-corrected chi connectivity index (χ4v) is 3.09. The highest BCUT2D eigenvalue weighted by Gasteiger charge is 2.35. The van der Waals surface area contributed by atoms with Gasteiger partial charge in [-0.25, -0.2) is 13.9 Å². The number of ether oxygens (including phenoxy) is 1. The fourth-order valence-electron chi connectivity index (χ4n) is 3.09. The summed E-state index contributed by atoms with van der Waals surface area (Å²) in [4.78, 5) is 12.2. The zero-order chi connectivity index (χ0) is 24.2. The third kappa shape index (κ3) is 5.80. The van der Waals surface area contributed by atoms with Crippen LogP contribution in [0.25, 0.3) is 5.69 Å². The van der Waals surface area contributed by atoms with E-state index in [1.807, 2.05) is 6.92 Å². The quantitative estimate of drug-likeness (QED) is 0.446. The number of urea groups is 1. The summed E-state index contributed by atoms with van der Waals surface area (Å²) in [6.07, 6.45) is -4.67. The molecule has 0 bridgehead atoms. The third-order valence-corrected chi connectivity index (χ3v) is 4.69. The fraction of sp³-hybridized carbons (Fsp3) is 0.273. The summed E-state index contributed by atoms with van der Waals surface area (Å²) in [5, 5.41) is 17.5. The summed E-state index contributed by atoms with van der Waals surface area (Å²) in [6.45, 7) is 3.25. The Hall–Kier alpha value is -3.60. The summed E-state index contributed by atoms with van der Waals surface area (Å²) in [5.74, 6) is -0.1000. The van der Waals surface area contributed by atoms with Gasteiger partial charge in [-0.05, 0) is 55.8 Å². The van der Waals surface area contributed by atoms with Gasteiger partial charge in [-0.15, -0.1) is 0 Å². The predicted molar refractivity (Wildman–Crippen MR) is 113 cm³/mol. The smallest absolute Gasteiger partial charge is 0.435 e. The number of hydrogen-bond donors (Lipinski definition) is 3. The monoisotopic (exact) mass is 466 g/mol. The lowest BCUT2D eigenvalue weighted by molar-refractivity contribution is -0.141. The summed E-state index contributed by atoms with van der Waals surface area (Å²) in [6, 6.07) is 8.66. The van der Waals surface area contributed by atoms with E-state index in [1.165, 1.54) is 12.1 Å². The van der Waals surface area contributed by atoms with Crippen molar-refractivity contribution in [2.45, 2.75) is 33.2 Å². The number of aliphatic hydroxyl groups excluding tert-OH is 1. The van der Waals surface area contributed by atoms with Crippen molar-refractivity contribution < 1.29 is 32.2 Å². The molecule has 3 N–H and O–H groups in total. The van der Waals surface area contributed by atoms with E-state index in [-0.39, 0.29) is 23.5 Å². The molecule has 0 unspecified atom stereocenters. The van der Waals surface area contributed by atoms with Gasteiger partial charge in [-0.3, -0.25) is 0 Å². The van der Waals surface area contributed by atoms with E-state index in [9.17, 15) is 22.4 Å². The first-order valence-electron chi connectivity index (χ1n) is 9.96. The molecule has 0 saturated heterocycles. The molecular formula is C22H22F4N4O3. The molecule has 1 heterocycles. The largest absolute Gasteiger partial charge is 0.494 e. The number of nitrogens with one attached hydrogen (secondary N) is 2. The predicted octanol–water partition coefficient (Wildman–Crippen LogP) is 4.55. The van der Waals surface area contributed by atoms with E-state index in [0.29, 0.717) is 23.6 Å². The Kier molecular flexibility index (Phi) is 7.22. The first-order valence-corrected chi connectivity index (χ1v) is 9.96. The van der Waals surface area contributed by atoms with Crippen molar-refractivity contribution in [1.82, 2.24) is 15.1 Å². The number of hydrogen-bond acceptors (Lipinski definition) is 4. The van der Waals surface area contributed by atoms with Gasteiger partial charge >= 0.3 is 12.2 Å².